The van der Waals surface area contributed by atoms with E-state index in [1.807, 2.05) is 19.9 Å². The zero-order valence-corrected chi connectivity index (χ0v) is 16.7. The predicted molar refractivity (Wildman–Crippen MR) is 106 cm³/mol. The minimum Gasteiger partial charge on any atom is -0.487 e. The molecular weight excluding hydrogens is 377 g/mol. The molecule has 0 radical (unpaired) electrons. The van der Waals surface area contributed by atoms with Crippen molar-refractivity contribution in [1.82, 2.24) is 25.2 Å². The number of aromatic nitrogens is 3. The van der Waals surface area contributed by atoms with E-state index in [0.717, 1.165) is 25.3 Å². The first-order chi connectivity index (χ1) is 14.1. The molecule has 0 bridgehead atoms. The molecule has 1 aliphatic rings. The molecule has 2 aromatic rings. The predicted octanol–water partition coefficient (Wildman–Crippen LogP) is 1.94. The molecule has 9 heteroatoms. The minimum absolute atomic E-state index is 0.0356. The summed E-state index contributed by atoms with van der Waals surface area (Å²) in [5.41, 5.74) is 1.51. The molecule has 0 unspecified atom stereocenters. The lowest BCUT2D eigenvalue weighted by molar-refractivity contribution is 0.0383. The summed E-state index contributed by atoms with van der Waals surface area (Å²) in [4.78, 5) is 14.9. The minimum atomic E-state index is -0.389. The number of ether oxygens (including phenoxy) is 2. The maximum absolute atomic E-state index is 13.4. The maximum Gasteiger partial charge on any atom is 0.273 e. The van der Waals surface area contributed by atoms with E-state index >= 15 is 0 Å². The Balaban J connectivity index is 1.68. The van der Waals surface area contributed by atoms with Crippen LogP contribution in [0.1, 0.15) is 30.0 Å². The Morgan fingerprint density at radius 3 is 2.90 bits per heavy atom. The van der Waals surface area contributed by atoms with Crippen LogP contribution in [0.3, 0.4) is 0 Å². The van der Waals surface area contributed by atoms with Crippen LogP contribution >= 0.6 is 0 Å². The number of nitrogens with zero attached hydrogens (tertiary/aromatic N) is 4. The van der Waals surface area contributed by atoms with E-state index in [1.165, 1.54) is 12.1 Å². The van der Waals surface area contributed by atoms with Gasteiger partial charge >= 0.3 is 0 Å². The quantitative estimate of drug-likeness (QED) is 0.726. The molecule has 156 valence electrons. The van der Waals surface area contributed by atoms with E-state index in [-0.39, 0.29) is 24.0 Å². The van der Waals surface area contributed by atoms with Gasteiger partial charge in [-0.15, -0.1) is 5.10 Å². The fraction of sp³-hybridized carbons (Fsp3) is 0.450. The molecule has 1 aromatic carbocycles. The lowest BCUT2D eigenvalue weighted by Gasteiger charge is -2.26. The summed E-state index contributed by atoms with van der Waals surface area (Å²) in [5.74, 6) is -0.333. The molecule has 1 aliphatic heterocycles. The van der Waals surface area contributed by atoms with E-state index in [1.54, 1.807) is 16.8 Å². The molecule has 0 aliphatic carbocycles. The molecule has 2 heterocycles. The van der Waals surface area contributed by atoms with Gasteiger partial charge in [0.15, 0.2) is 5.69 Å². The third-order valence-corrected chi connectivity index (χ3v) is 4.72. The van der Waals surface area contributed by atoms with Crippen LogP contribution < -0.4 is 10.1 Å². The highest BCUT2D eigenvalue weighted by Gasteiger charge is 2.21. The number of nitrogens with one attached hydrogen (secondary N) is 1. The van der Waals surface area contributed by atoms with Gasteiger partial charge < -0.3 is 14.8 Å². The average molecular weight is 403 g/mol. The van der Waals surface area contributed by atoms with Gasteiger partial charge in [0.2, 0.25) is 0 Å². The number of hydrogen-bond acceptors (Lipinski definition) is 6. The lowest BCUT2D eigenvalue weighted by atomic mass is 10.3. The lowest BCUT2D eigenvalue weighted by Crippen LogP contribution is -2.41. The smallest absolute Gasteiger partial charge is 0.273 e. The number of carbonyl (C=O) groups excluding carboxylic acids is 1. The van der Waals surface area contributed by atoms with E-state index in [4.69, 9.17) is 9.47 Å². The monoisotopic (exact) mass is 403 g/mol. The van der Waals surface area contributed by atoms with Crippen LogP contribution in [0, 0.1) is 5.82 Å². The number of allylic oxidation sites excluding steroid dienone is 2. The van der Waals surface area contributed by atoms with Crippen LogP contribution in [0.4, 0.5) is 4.39 Å². The molecule has 0 saturated carbocycles. The van der Waals surface area contributed by atoms with E-state index in [9.17, 15) is 9.18 Å². The highest BCUT2D eigenvalue weighted by atomic mass is 19.1. The molecule has 1 amide bonds. The number of carbonyl (C=O) groups is 1. The van der Waals surface area contributed by atoms with Gasteiger partial charge in [-0.3, -0.25) is 9.69 Å². The summed E-state index contributed by atoms with van der Waals surface area (Å²) >= 11 is 0. The highest BCUT2D eigenvalue weighted by molar-refractivity contribution is 5.93. The molecular formula is C20H26FN5O3. The van der Waals surface area contributed by atoms with Gasteiger partial charge in [-0.05, 0) is 26.0 Å². The first-order valence-corrected chi connectivity index (χ1v) is 9.63. The fourth-order valence-electron chi connectivity index (χ4n) is 2.96. The van der Waals surface area contributed by atoms with E-state index in [0.29, 0.717) is 31.2 Å². The Morgan fingerprint density at radius 1 is 1.38 bits per heavy atom. The van der Waals surface area contributed by atoms with Gasteiger partial charge in [0, 0.05) is 37.9 Å². The Hall–Kier alpha value is -2.78. The van der Waals surface area contributed by atoms with Crippen molar-refractivity contribution in [2.45, 2.75) is 20.5 Å². The molecule has 3 rings (SSSR count). The first-order valence-electron chi connectivity index (χ1n) is 9.63. The van der Waals surface area contributed by atoms with Crippen molar-refractivity contribution in [1.29, 1.82) is 0 Å². The van der Waals surface area contributed by atoms with Crippen LogP contribution in [0.25, 0.3) is 5.70 Å². The van der Waals surface area contributed by atoms with Crippen molar-refractivity contribution in [3.8, 4) is 5.75 Å². The second kappa shape index (κ2) is 10.1. The molecule has 1 N–H and O–H groups in total. The Labute approximate surface area is 169 Å². The van der Waals surface area contributed by atoms with Crippen LogP contribution in [0.5, 0.6) is 5.75 Å². The molecule has 0 spiro atoms. The van der Waals surface area contributed by atoms with Gasteiger partial charge in [-0.1, -0.05) is 17.4 Å². The third kappa shape index (κ3) is 5.61. The van der Waals surface area contributed by atoms with Crippen molar-refractivity contribution in [3.05, 3.63) is 47.5 Å². The number of morpholine rings is 1. The Kier molecular flexibility index (Phi) is 7.31. The van der Waals surface area contributed by atoms with Crippen molar-refractivity contribution in [2.24, 2.45) is 0 Å². The van der Waals surface area contributed by atoms with Crippen molar-refractivity contribution in [3.63, 3.8) is 0 Å². The molecule has 1 aromatic heterocycles. The summed E-state index contributed by atoms with van der Waals surface area (Å²) in [6.07, 6.45) is 1.86. The number of halogens is 1. The van der Waals surface area contributed by atoms with Crippen molar-refractivity contribution < 1.29 is 18.7 Å². The van der Waals surface area contributed by atoms with Gasteiger partial charge in [0.1, 0.15) is 23.9 Å². The molecule has 0 atom stereocenters. The normalized spacial score (nSPS) is 15.3. The summed E-state index contributed by atoms with van der Waals surface area (Å²) in [5, 5.41) is 11.0. The molecule has 1 saturated heterocycles. The number of rotatable bonds is 8. The van der Waals surface area contributed by atoms with E-state index < -0.39 is 0 Å². The molecule has 29 heavy (non-hydrogen) atoms. The van der Waals surface area contributed by atoms with Crippen molar-refractivity contribution >= 4 is 11.6 Å². The molecule has 8 nitrogen and oxygen atoms in total. The van der Waals surface area contributed by atoms with Crippen molar-refractivity contribution in [2.75, 3.05) is 39.4 Å². The zero-order chi connectivity index (χ0) is 20.6. The SMILES string of the molecule is C/C=C(\C)n1nnc(C(=O)NCCN2CCOCC2)c1COc1cccc(F)c1. The van der Waals surface area contributed by atoms with Gasteiger partial charge in [0.25, 0.3) is 5.91 Å². The summed E-state index contributed by atoms with van der Waals surface area (Å²) in [6, 6.07) is 5.85. The average Bonchev–Trinajstić information content (AvgIpc) is 3.16. The fourth-order valence-corrected chi connectivity index (χ4v) is 2.96. The van der Waals surface area contributed by atoms with Crippen LogP contribution in [0.15, 0.2) is 30.3 Å². The topological polar surface area (TPSA) is 81.5 Å². The number of benzene rings is 1. The zero-order valence-electron chi connectivity index (χ0n) is 16.7. The summed E-state index contributed by atoms with van der Waals surface area (Å²) in [6.45, 7) is 8.16. The third-order valence-electron chi connectivity index (χ3n) is 4.72. The second-order valence-corrected chi connectivity index (χ2v) is 6.68. The van der Waals surface area contributed by atoms with Crippen LogP contribution in [-0.4, -0.2) is 65.2 Å². The van der Waals surface area contributed by atoms with Crippen LogP contribution in [-0.2, 0) is 11.3 Å². The summed E-state index contributed by atoms with van der Waals surface area (Å²) in [7, 11) is 0. The largest absolute Gasteiger partial charge is 0.487 e. The maximum atomic E-state index is 13.4. The van der Waals surface area contributed by atoms with Gasteiger partial charge in [0.05, 0.1) is 13.2 Å². The number of hydrogen-bond donors (Lipinski definition) is 1. The standard InChI is InChI=1S/C20H26FN5O3/c1-3-15(2)26-18(14-29-17-6-4-5-16(21)13-17)19(23-24-26)20(27)22-7-8-25-9-11-28-12-10-25/h3-6,13H,7-12,14H2,1-2H3,(H,22,27)/b15-3+. The van der Waals surface area contributed by atoms with Gasteiger partial charge in [-0.25, -0.2) is 9.07 Å². The highest BCUT2D eigenvalue weighted by Crippen LogP contribution is 2.17. The number of amides is 1. The second-order valence-electron chi connectivity index (χ2n) is 6.68. The van der Waals surface area contributed by atoms with Crippen LogP contribution in [0.2, 0.25) is 0 Å². The summed E-state index contributed by atoms with van der Waals surface area (Å²) < 4.78 is 26.0. The van der Waals surface area contributed by atoms with Gasteiger partial charge in [-0.2, -0.15) is 0 Å². The molecule has 1 fully saturated rings. The Bertz CT molecular complexity index is 862. The Morgan fingerprint density at radius 2 is 2.17 bits per heavy atom. The van der Waals surface area contributed by atoms with E-state index in [2.05, 4.69) is 20.5 Å². The first kappa shape index (κ1) is 20.9.